The van der Waals surface area contributed by atoms with E-state index in [0.29, 0.717) is 5.92 Å². The van der Waals surface area contributed by atoms with Crippen LogP contribution in [0.15, 0.2) is 28.7 Å². The molecule has 0 aliphatic carbocycles. The Morgan fingerprint density at radius 1 is 1.33 bits per heavy atom. The molecule has 0 aliphatic heterocycles. The number of hydrogen-bond acceptors (Lipinski definition) is 2. The minimum absolute atomic E-state index is 0.700. The number of nitrogens with one attached hydrogen (secondary N) is 1. The molecule has 18 heavy (non-hydrogen) atoms. The van der Waals surface area contributed by atoms with Gasteiger partial charge in [0, 0.05) is 18.1 Å². The molecule has 1 aromatic rings. The Kier molecular flexibility index (Phi) is 8.31. The van der Waals surface area contributed by atoms with Crippen LogP contribution in [0.2, 0.25) is 0 Å². The number of ether oxygens (including phenoxy) is 1. The second-order valence-electron chi connectivity index (χ2n) is 4.65. The zero-order valence-corrected chi connectivity index (χ0v) is 13.0. The number of halogens is 1. The van der Waals surface area contributed by atoms with Crippen molar-refractivity contribution in [2.45, 2.75) is 26.2 Å². The molecule has 0 aromatic heterocycles. The van der Waals surface area contributed by atoms with E-state index in [9.17, 15) is 0 Å². The van der Waals surface area contributed by atoms with Crippen molar-refractivity contribution in [1.29, 1.82) is 0 Å². The lowest BCUT2D eigenvalue weighted by atomic mass is 9.95. The summed E-state index contributed by atoms with van der Waals surface area (Å²) in [5.41, 5.74) is 1.41. The Morgan fingerprint density at radius 3 is 2.78 bits per heavy atom. The number of rotatable bonds is 9. The molecule has 0 saturated carbocycles. The highest BCUT2D eigenvalue weighted by Gasteiger charge is 2.10. The minimum Gasteiger partial charge on any atom is -0.383 e. The van der Waals surface area contributed by atoms with Gasteiger partial charge in [0.2, 0.25) is 0 Å². The molecule has 0 heterocycles. The van der Waals surface area contributed by atoms with Crippen molar-refractivity contribution in [3.8, 4) is 0 Å². The van der Waals surface area contributed by atoms with Crippen molar-refractivity contribution >= 4 is 15.9 Å². The summed E-state index contributed by atoms with van der Waals surface area (Å²) in [4.78, 5) is 0. The average molecular weight is 314 g/mol. The van der Waals surface area contributed by atoms with Crippen molar-refractivity contribution in [2.75, 3.05) is 26.8 Å². The van der Waals surface area contributed by atoms with Gasteiger partial charge in [-0.3, -0.25) is 0 Å². The number of hydrogen-bond donors (Lipinski definition) is 1. The van der Waals surface area contributed by atoms with Gasteiger partial charge in [-0.05, 0) is 36.9 Å². The first-order valence-corrected chi connectivity index (χ1v) is 7.50. The van der Waals surface area contributed by atoms with Crippen LogP contribution in [0.25, 0.3) is 0 Å². The maximum Gasteiger partial charge on any atom is 0.0587 e. The van der Waals surface area contributed by atoms with Crippen molar-refractivity contribution < 1.29 is 4.74 Å². The zero-order chi connectivity index (χ0) is 13.2. The van der Waals surface area contributed by atoms with Crippen LogP contribution < -0.4 is 5.32 Å². The monoisotopic (exact) mass is 313 g/mol. The van der Waals surface area contributed by atoms with E-state index in [2.05, 4.69) is 52.4 Å². The second kappa shape index (κ2) is 9.54. The fourth-order valence-electron chi connectivity index (χ4n) is 2.14. The third kappa shape index (κ3) is 5.98. The lowest BCUT2D eigenvalue weighted by Gasteiger charge is -2.17. The van der Waals surface area contributed by atoms with E-state index in [-0.39, 0.29) is 0 Å². The third-order valence-electron chi connectivity index (χ3n) is 3.08. The van der Waals surface area contributed by atoms with Crippen molar-refractivity contribution in [3.63, 3.8) is 0 Å². The highest BCUT2D eigenvalue weighted by molar-refractivity contribution is 9.10. The maximum absolute atomic E-state index is 5.05. The smallest absolute Gasteiger partial charge is 0.0587 e. The van der Waals surface area contributed by atoms with Gasteiger partial charge in [-0.2, -0.15) is 0 Å². The molecule has 102 valence electrons. The summed E-state index contributed by atoms with van der Waals surface area (Å²) in [6.07, 6.45) is 3.64. The first kappa shape index (κ1) is 15.7. The lowest BCUT2D eigenvalue weighted by molar-refractivity contribution is 0.197. The van der Waals surface area contributed by atoms with Gasteiger partial charge >= 0.3 is 0 Å². The predicted molar refractivity (Wildman–Crippen MR) is 81.0 cm³/mol. The molecule has 0 bridgehead atoms. The Balaban J connectivity index is 2.44. The van der Waals surface area contributed by atoms with Gasteiger partial charge < -0.3 is 10.1 Å². The highest BCUT2D eigenvalue weighted by Crippen LogP contribution is 2.21. The summed E-state index contributed by atoms with van der Waals surface area (Å²) in [5.74, 6) is 0.700. The molecule has 2 nitrogen and oxygen atoms in total. The van der Waals surface area contributed by atoms with E-state index in [1.807, 2.05) is 0 Å². The fraction of sp³-hybridized carbons (Fsp3) is 0.600. The molecule has 0 radical (unpaired) electrons. The van der Waals surface area contributed by atoms with E-state index in [1.54, 1.807) is 7.11 Å². The number of benzene rings is 1. The summed E-state index contributed by atoms with van der Waals surface area (Å²) in [7, 11) is 1.74. The van der Waals surface area contributed by atoms with Gasteiger partial charge in [0.25, 0.3) is 0 Å². The van der Waals surface area contributed by atoms with Gasteiger partial charge in [0.05, 0.1) is 6.61 Å². The average Bonchev–Trinajstić information content (AvgIpc) is 2.37. The molecule has 0 aliphatic rings. The van der Waals surface area contributed by atoms with Crippen LogP contribution in [0.4, 0.5) is 0 Å². The predicted octanol–water partition coefficient (Wildman–Crippen LogP) is 3.64. The van der Waals surface area contributed by atoms with Gasteiger partial charge in [-0.15, -0.1) is 0 Å². The van der Waals surface area contributed by atoms with E-state index >= 15 is 0 Å². The second-order valence-corrected chi connectivity index (χ2v) is 5.50. The standard InChI is InChI=1S/C15H24BrNO/c1-3-6-13(12-17-9-10-18-2)11-14-7-4-5-8-15(14)16/h4-5,7-8,13,17H,3,6,9-12H2,1-2H3. The maximum atomic E-state index is 5.05. The third-order valence-corrected chi connectivity index (χ3v) is 3.85. The quantitative estimate of drug-likeness (QED) is 0.703. The molecule has 1 aromatic carbocycles. The van der Waals surface area contributed by atoms with Gasteiger partial charge in [-0.1, -0.05) is 47.5 Å². The van der Waals surface area contributed by atoms with E-state index in [4.69, 9.17) is 4.74 Å². The first-order chi connectivity index (χ1) is 8.77. The van der Waals surface area contributed by atoms with E-state index < -0.39 is 0 Å². The largest absolute Gasteiger partial charge is 0.383 e. The Hall–Kier alpha value is -0.380. The molecule has 0 amide bonds. The molecule has 0 saturated heterocycles. The minimum atomic E-state index is 0.700. The van der Waals surface area contributed by atoms with Gasteiger partial charge in [0.1, 0.15) is 0 Å². The van der Waals surface area contributed by atoms with Crippen LogP contribution >= 0.6 is 15.9 Å². The van der Waals surface area contributed by atoms with E-state index in [0.717, 1.165) is 26.1 Å². The molecule has 1 unspecified atom stereocenters. The molecular weight excluding hydrogens is 290 g/mol. The molecule has 0 fully saturated rings. The Labute approximate surface area is 119 Å². The van der Waals surface area contributed by atoms with Crippen LogP contribution in [0.1, 0.15) is 25.3 Å². The molecule has 1 atom stereocenters. The molecular formula is C15H24BrNO. The number of methoxy groups -OCH3 is 1. The molecule has 1 N–H and O–H groups in total. The SMILES string of the molecule is CCCC(CNCCOC)Cc1ccccc1Br. The summed E-state index contributed by atoms with van der Waals surface area (Å²) in [5, 5.41) is 3.47. The highest BCUT2D eigenvalue weighted by atomic mass is 79.9. The Morgan fingerprint density at radius 2 is 2.11 bits per heavy atom. The van der Waals surface area contributed by atoms with Crippen LogP contribution in [0, 0.1) is 5.92 Å². The molecule has 0 spiro atoms. The molecule has 1 rings (SSSR count). The van der Waals surface area contributed by atoms with Crippen LogP contribution in [-0.2, 0) is 11.2 Å². The van der Waals surface area contributed by atoms with Crippen molar-refractivity contribution in [3.05, 3.63) is 34.3 Å². The lowest BCUT2D eigenvalue weighted by Crippen LogP contribution is -2.27. The normalized spacial score (nSPS) is 12.6. The zero-order valence-electron chi connectivity index (χ0n) is 11.4. The summed E-state index contributed by atoms with van der Waals surface area (Å²) < 4.78 is 6.28. The van der Waals surface area contributed by atoms with Crippen LogP contribution in [-0.4, -0.2) is 26.8 Å². The first-order valence-electron chi connectivity index (χ1n) is 6.71. The van der Waals surface area contributed by atoms with Crippen molar-refractivity contribution in [1.82, 2.24) is 5.32 Å². The fourth-order valence-corrected chi connectivity index (χ4v) is 2.59. The van der Waals surface area contributed by atoms with Gasteiger partial charge in [-0.25, -0.2) is 0 Å². The van der Waals surface area contributed by atoms with Crippen LogP contribution in [0.3, 0.4) is 0 Å². The topological polar surface area (TPSA) is 21.3 Å². The van der Waals surface area contributed by atoms with Crippen LogP contribution in [0.5, 0.6) is 0 Å². The summed E-state index contributed by atoms with van der Waals surface area (Å²) in [6.45, 7) is 5.04. The summed E-state index contributed by atoms with van der Waals surface area (Å²) in [6, 6.07) is 8.51. The Bertz CT molecular complexity index is 330. The molecule has 3 heteroatoms. The van der Waals surface area contributed by atoms with Gasteiger partial charge in [0.15, 0.2) is 0 Å². The van der Waals surface area contributed by atoms with Crippen molar-refractivity contribution in [2.24, 2.45) is 5.92 Å². The van der Waals surface area contributed by atoms with E-state index in [1.165, 1.54) is 22.9 Å². The summed E-state index contributed by atoms with van der Waals surface area (Å²) >= 11 is 3.63.